The van der Waals surface area contributed by atoms with E-state index in [-0.39, 0.29) is 6.10 Å². The van der Waals surface area contributed by atoms with Gasteiger partial charge in [0.25, 0.3) is 0 Å². The molecular weight excluding hydrogens is 594 g/mol. The SMILES string of the molecule is CSc1nc(Cl)c2c(n1)CC1(COC(C)c3ccc(N(Cc4ccccc4)Cc4ccccc4)c(Br)c31)OC2. The number of ether oxygens (including phenoxy) is 2. The maximum atomic E-state index is 6.67. The van der Waals surface area contributed by atoms with Crippen LogP contribution in [0.15, 0.2) is 82.4 Å². The van der Waals surface area contributed by atoms with Gasteiger partial charge < -0.3 is 14.4 Å². The first-order valence-corrected chi connectivity index (χ1v) is 15.4. The molecule has 0 saturated carbocycles. The molecule has 4 aromatic rings. The van der Waals surface area contributed by atoms with Crippen molar-refractivity contribution < 1.29 is 9.47 Å². The Morgan fingerprint density at radius 3 is 2.31 bits per heavy atom. The third-order valence-corrected chi connectivity index (χ3v) is 9.20. The zero-order chi connectivity index (χ0) is 27.0. The van der Waals surface area contributed by atoms with Crippen LogP contribution in [0.25, 0.3) is 0 Å². The average Bonchev–Trinajstić information content (AvgIpc) is 2.96. The van der Waals surface area contributed by atoms with Crippen LogP contribution in [0.5, 0.6) is 0 Å². The molecule has 0 saturated heterocycles. The van der Waals surface area contributed by atoms with E-state index >= 15 is 0 Å². The molecule has 39 heavy (non-hydrogen) atoms. The van der Waals surface area contributed by atoms with Crippen molar-refractivity contribution in [1.29, 1.82) is 0 Å². The molecule has 3 aromatic carbocycles. The van der Waals surface area contributed by atoms with E-state index in [9.17, 15) is 0 Å². The van der Waals surface area contributed by atoms with Crippen molar-refractivity contribution in [3.05, 3.63) is 116 Å². The Kier molecular flexibility index (Phi) is 7.71. The number of thioether (sulfide) groups is 1. The summed E-state index contributed by atoms with van der Waals surface area (Å²) in [6.45, 7) is 4.43. The second-order valence-corrected chi connectivity index (χ2v) is 12.0. The summed E-state index contributed by atoms with van der Waals surface area (Å²) in [4.78, 5) is 11.7. The summed E-state index contributed by atoms with van der Waals surface area (Å²) in [7, 11) is 0. The lowest BCUT2D eigenvalue weighted by Gasteiger charge is -2.45. The largest absolute Gasteiger partial charge is 0.370 e. The number of rotatable bonds is 6. The average molecular weight is 623 g/mol. The molecular formula is C31H29BrClN3O2S. The molecule has 6 rings (SSSR count). The highest BCUT2D eigenvalue weighted by Crippen LogP contribution is 2.50. The van der Waals surface area contributed by atoms with Crippen LogP contribution in [0, 0.1) is 0 Å². The number of hydrogen-bond donors (Lipinski definition) is 0. The molecule has 5 nitrogen and oxygen atoms in total. The van der Waals surface area contributed by atoms with Crippen LogP contribution in [-0.4, -0.2) is 22.8 Å². The fourth-order valence-corrected chi connectivity index (χ4v) is 7.18. The summed E-state index contributed by atoms with van der Waals surface area (Å²) in [5.41, 5.74) is 7.00. The first-order chi connectivity index (χ1) is 19.0. The van der Waals surface area contributed by atoms with Crippen molar-refractivity contribution in [2.24, 2.45) is 0 Å². The van der Waals surface area contributed by atoms with Crippen molar-refractivity contribution in [3.63, 3.8) is 0 Å². The molecule has 0 amide bonds. The number of anilines is 1. The predicted octanol–water partition coefficient (Wildman–Crippen LogP) is 7.88. The fourth-order valence-electron chi connectivity index (χ4n) is 5.53. The third kappa shape index (κ3) is 5.23. The Balaban J connectivity index is 1.45. The van der Waals surface area contributed by atoms with E-state index in [4.69, 9.17) is 26.1 Å². The van der Waals surface area contributed by atoms with E-state index in [2.05, 4.69) is 106 Å². The molecule has 3 heterocycles. The molecule has 8 heteroatoms. The van der Waals surface area contributed by atoms with Crippen LogP contribution in [0.3, 0.4) is 0 Å². The standard InChI is InChI=1S/C31H29BrClN3O2S/c1-20-23-13-14-26(36(16-21-9-5-3-6-10-21)17-22-11-7-4-8-12-22)28(32)27(23)31(19-37-20)15-25-24(18-38-31)29(33)35-30(34-25)39-2/h3-14,20H,15-19H2,1-2H3. The topological polar surface area (TPSA) is 47.5 Å². The van der Waals surface area contributed by atoms with Crippen LogP contribution in [0.2, 0.25) is 5.15 Å². The van der Waals surface area contributed by atoms with Gasteiger partial charge in [0.1, 0.15) is 10.8 Å². The summed E-state index contributed by atoms with van der Waals surface area (Å²) in [6.07, 6.45) is 2.48. The van der Waals surface area contributed by atoms with Gasteiger partial charge in [-0.05, 0) is 51.9 Å². The Labute approximate surface area is 247 Å². The van der Waals surface area contributed by atoms with Gasteiger partial charge in [-0.1, -0.05) is 90.1 Å². The van der Waals surface area contributed by atoms with Crippen molar-refractivity contribution in [1.82, 2.24) is 9.97 Å². The molecule has 200 valence electrons. The Morgan fingerprint density at radius 1 is 1.00 bits per heavy atom. The van der Waals surface area contributed by atoms with E-state index in [1.807, 2.05) is 6.26 Å². The second-order valence-electron chi connectivity index (χ2n) is 10.0. The maximum absolute atomic E-state index is 6.67. The molecule has 2 atom stereocenters. The van der Waals surface area contributed by atoms with E-state index < -0.39 is 5.60 Å². The molecule has 0 aliphatic carbocycles. The highest BCUT2D eigenvalue weighted by Gasteiger charge is 2.46. The van der Waals surface area contributed by atoms with E-state index in [0.29, 0.717) is 29.9 Å². The molecule has 0 N–H and O–H groups in total. The monoisotopic (exact) mass is 621 g/mol. The molecule has 0 bridgehead atoms. The highest BCUT2D eigenvalue weighted by atomic mass is 79.9. The lowest BCUT2D eigenvalue weighted by molar-refractivity contribution is -0.148. The molecule has 0 radical (unpaired) electrons. The lowest BCUT2D eigenvalue weighted by Crippen LogP contribution is -2.45. The van der Waals surface area contributed by atoms with Gasteiger partial charge in [-0.15, -0.1) is 0 Å². The van der Waals surface area contributed by atoms with Crippen molar-refractivity contribution in [2.45, 2.75) is 49.9 Å². The minimum atomic E-state index is -0.678. The first-order valence-electron chi connectivity index (χ1n) is 13.0. The number of benzene rings is 3. The van der Waals surface area contributed by atoms with Gasteiger partial charge in [-0.25, -0.2) is 9.97 Å². The van der Waals surface area contributed by atoms with Gasteiger partial charge in [-0.2, -0.15) is 0 Å². The Morgan fingerprint density at radius 2 is 1.67 bits per heavy atom. The number of nitrogens with zero attached hydrogens (tertiary/aromatic N) is 3. The molecule has 2 unspecified atom stereocenters. The van der Waals surface area contributed by atoms with Crippen LogP contribution in [0.1, 0.15) is 46.5 Å². The molecule has 2 aliphatic rings. The van der Waals surface area contributed by atoms with Crippen molar-refractivity contribution in [3.8, 4) is 0 Å². The maximum Gasteiger partial charge on any atom is 0.188 e. The van der Waals surface area contributed by atoms with Gasteiger partial charge in [0.2, 0.25) is 0 Å². The van der Waals surface area contributed by atoms with E-state index in [0.717, 1.165) is 45.6 Å². The molecule has 1 aromatic heterocycles. The Hall–Kier alpha value is -2.42. The minimum Gasteiger partial charge on any atom is -0.370 e. The van der Waals surface area contributed by atoms with Gasteiger partial charge in [-0.3, -0.25) is 0 Å². The zero-order valence-corrected chi connectivity index (χ0v) is 25.0. The lowest BCUT2D eigenvalue weighted by atomic mass is 9.80. The first kappa shape index (κ1) is 26.8. The van der Waals surface area contributed by atoms with E-state index in [1.165, 1.54) is 22.9 Å². The quantitative estimate of drug-likeness (QED) is 0.124. The molecule has 0 fully saturated rings. The molecule has 1 spiro atoms. The van der Waals surface area contributed by atoms with Gasteiger partial charge in [0.05, 0.1) is 30.7 Å². The highest BCUT2D eigenvalue weighted by molar-refractivity contribution is 9.10. The Bertz CT molecular complexity index is 1450. The number of hydrogen-bond acceptors (Lipinski definition) is 6. The summed E-state index contributed by atoms with van der Waals surface area (Å²) < 4.78 is 14.0. The summed E-state index contributed by atoms with van der Waals surface area (Å²) in [6, 6.07) is 25.6. The normalized spacial score (nSPS) is 19.9. The van der Waals surface area contributed by atoms with Gasteiger partial charge in [0.15, 0.2) is 5.16 Å². The fraction of sp³-hybridized carbons (Fsp3) is 0.290. The van der Waals surface area contributed by atoms with Crippen molar-refractivity contribution >= 4 is 45.0 Å². The van der Waals surface area contributed by atoms with Gasteiger partial charge >= 0.3 is 0 Å². The number of halogens is 2. The summed E-state index contributed by atoms with van der Waals surface area (Å²) >= 11 is 12.1. The molecule has 2 aliphatic heterocycles. The zero-order valence-electron chi connectivity index (χ0n) is 21.9. The number of aromatic nitrogens is 2. The summed E-state index contributed by atoms with van der Waals surface area (Å²) in [5.74, 6) is 0. The predicted molar refractivity (Wildman–Crippen MR) is 160 cm³/mol. The van der Waals surface area contributed by atoms with Crippen LogP contribution in [-0.2, 0) is 41.2 Å². The van der Waals surface area contributed by atoms with Gasteiger partial charge in [0, 0.05) is 35.1 Å². The van der Waals surface area contributed by atoms with Crippen LogP contribution >= 0.6 is 39.3 Å². The summed E-state index contributed by atoms with van der Waals surface area (Å²) in [5, 5.41) is 1.14. The number of fused-ring (bicyclic) bond motifs is 3. The third-order valence-electron chi connectivity index (χ3n) is 7.54. The van der Waals surface area contributed by atoms with Crippen molar-refractivity contribution in [2.75, 3.05) is 17.8 Å². The smallest absolute Gasteiger partial charge is 0.188 e. The van der Waals surface area contributed by atoms with Crippen LogP contribution < -0.4 is 4.90 Å². The second kappa shape index (κ2) is 11.2. The minimum absolute atomic E-state index is 0.0478. The van der Waals surface area contributed by atoms with E-state index in [1.54, 1.807) is 0 Å². The van der Waals surface area contributed by atoms with Crippen LogP contribution in [0.4, 0.5) is 5.69 Å².